The SMILES string of the molecule is C=CCCCOc1ccc(C(C)O)cc1OC. The van der Waals surface area contributed by atoms with E-state index in [1.165, 1.54) is 0 Å². The molecule has 0 aliphatic carbocycles. The zero-order valence-corrected chi connectivity index (χ0v) is 10.5. The third kappa shape index (κ3) is 4.11. The van der Waals surface area contributed by atoms with Gasteiger partial charge in [-0.3, -0.25) is 0 Å². The largest absolute Gasteiger partial charge is 0.493 e. The summed E-state index contributed by atoms with van der Waals surface area (Å²) in [5.74, 6) is 1.36. The minimum Gasteiger partial charge on any atom is -0.493 e. The topological polar surface area (TPSA) is 38.7 Å². The molecule has 0 spiro atoms. The van der Waals surface area contributed by atoms with Crippen LogP contribution in [-0.4, -0.2) is 18.8 Å². The van der Waals surface area contributed by atoms with Crippen LogP contribution >= 0.6 is 0 Å². The Morgan fingerprint density at radius 3 is 2.76 bits per heavy atom. The first-order chi connectivity index (χ1) is 8.19. The van der Waals surface area contributed by atoms with Gasteiger partial charge in [-0.15, -0.1) is 6.58 Å². The number of aliphatic hydroxyl groups is 1. The Morgan fingerprint density at radius 1 is 1.41 bits per heavy atom. The monoisotopic (exact) mass is 236 g/mol. The van der Waals surface area contributed by atoms with Gasteiger partial charge < -0.3 is 14.6 Å². The molecule has 0 amide bonds. The summed E-state index contributed by atoms with van der Waals surface area (Å²) in [7, 11) is 1.59. The van der Waals surface area contributed by atoms with Crippen LogP contribution in [0.4, 0.5) is 0 Å². The summed E-state index contributed by atoms with van der Waals surface area (Å²) in [6.45, 7) is 6.02. The number of methoxy groups -OCH3 is 1. The molecule has 1 atom stereocenters. The molecule has 1 N–H and O–H groups in total. The standard InChI is InChI=1S/C14H20O3/c1-4-5-6-9-17-13-8-7-12(11(2)15)10-14(13)16-3/h4,7-8,10-11,15H,1,5-6,9H2,2-3H3. The molecule has 17 heavy (non-hydrogen) atoms. The van der Waals surface area contributed by atoms with Gasteiger partial charge in [0.1, 0.15) is 0 Å². The summed E-state index contributed by atoms with van der Waals surface area (Å²) in [6.07, 6.45) is 3.24. The van der Waals surface area contributed by atoms with E-state index in [4.69, 9.17) is 9.47 Å². The summed E-state index contributed by atoms with van der Waals surface area (Å²) in [6, 6.07) is 5.47. The van der Waals surface area contributed by atoms with E-state index in [9.17, 15) is 5.11 Å². The molecule has 0 radical (unpaired) electrons. The smallest absolute Gasteiger partial charge is 0.161 e. The van der Waals surface area contributed by atoms with Crippen LogP contribution in [0.15, 0.2) is 30.9 Å². The molecule has 0 fully saturated rings. The lowest BCUT2D eigenvalue weighted by Gasteiger charge is -2.13. The minimum atomic E-state index is -0.501. The summed E-state index contributed by atoms with van der Waals surface area (Å²) >= 11 is 0. The Kier molecular flexibility index (Phi) is 5.57. The van der Waals surface area contributed by atoms with Crippen molar-refractivity contribution in [3.63, 3.8) is 0 Å². The molecule has 1 aromatic carbocycles. The predicted octanol–water partition coefficient (Wildman–Crippen LogP) is 3.09. The van der Waals surface area contributed by atoms with Gasteiger partial charge in [0.25, 0.3) is 0 Å². The molecule has 0 heterocycles. The van der Waals surface area contributed by atoms with Gasteiger partial charge in [-0.25, -0.2) is 0 Å². The van der Waals surface area contributed by atoms with Crippen LogP contribution < -0.4 is 9.47 Å². The van der Waals surface area contributed by atoms with Gasteiger partial charge in [0.15, 0.2) is 11.5 Å². The second-order valence-electron chi connectivity index (χ2n) is 3.87. The fraction of sp³-hybridized carbons (Fsp3) is 0.429. The quantitative estimate of drug-likeness (QED) is 0.584. The van der Waals surface area contributed by atoms with Gasteiger partial charge in [-0.2, -0.15) is 0 Å². The lowest BCUT2D eigenvalue weighted by Crippen LogP contribution is -2.00. The summed E-state index contributed by atoms with van der Waals surface area (Å²) in [5, 5.41) is 9.47. The number of ether oxygens (including phenoxy) is 2. The average Bonchev–Trinajstić information content (AvgIpc) is 2.34. The number of rotatable bonds is 7. The van der Waals surface area contributed by atoms with E-state index in [2.05, 4.69) is 6.58 Å². The van der Waals surface area contributed by atoms with E-state index in [0.717, 1.165) is 18.4 Å². The zero-order chi connectivity index (χ0) is 12.7. The van der Waals surface area contributed by atoms with Gasteiger partial charge >= 0.3 is 0 Å². The highest BCUT2D eigenvalue weighted by molar-refractivity contribution is 5.43. The molecule has 94 valence electrons. The van der Waals surface area contributed by atoms with Crippen molar-refractivity contribution in [2.75, 3.05) is 13.7 Å². The molecule has 0 bridgehead atoms. The van der Waals surface area contributed by atoms with Crippen LogP contribution in [0.1, 0.15) is 31.4 Å². The Morgan fingerprint density at radius 2 is 2.18 bits per heavy atom. The van der Waals surface area contributed by atoms with Gasteiger partial charge in [0, 0.05) is 0 Å². The Balaban J connectivity index is 2.68. The van der Waals surface area contributed by atoms with Crippen LogP contribution in [0.5, 0.6) is 11.5 Å². The van der Waals surface area contributed by atoms with Crippen LogP contribution in [0.2, 0.25) is 0 Å². The van der Waals surface area contributed by atoms with Crippen LogP contribution in [0.3, 0.4) is 0 Å². The first-order valence-corrected chi connectivity index (χ1v) is 5.78. The summed E-state index contributed by atoms with van der Waals surface area (Å²) < 4.78 is 10.8. The molecule has 0 aliphatic heterocycles. The van der Waals surface area contributed by atoms with Crippen molar-refractivity contribution in [2.24, 2.45) is 0 Å². The fourth-order valence-corrected chi connectivity index (χ4v) is 1.47. The molecule has 3 heteroatoms. The molecular weight excluding hydrogens is 216 g/mol. The lowest BCUT2D eigenvalue weighted by molar-refractivity contribution is 0.198. The molecule has 1 aromatic rings. The van der Waals surface area contributed by atoms with E-state index in [-0.39, 0.29) is 0 Å². The van der Waals surface area contributed by atoms with Crippen molar-refractivity contribution in [3.8, 4) is 11.5 Å². The van der Waals surface area contributed by atoms with Crippen molar-refractivity contribution >= 4 is 0 Å². The van der Waals surface area contributed by atoms with Gasteiger partial charge in [0.05, 0.1) is 19.8 Å². The van der Waals surface area contributed by atoms with Crippen molar-refractivity contribution < 1.29 is 14.6 Å². The Hall–Kier alpha value is -1.48. The second-order valence-corrected chi connectivity index (χ2v) is 3.87. The number of hydrogen-bond acceptors (Lipinski definition) is 3. The van der Waals surface area contributed by atoms with E-state index in [0.29, 0.717) is 18.1 Å². The molecule has 3 nitrogen and oxygen atoms in total. The highest BCUT2D eigenvalue weighted by Crippen LogP contribution is 2.30. The molecule has 0 aromatic heterocycles. The van der Waals surface area contributed by atoms with Crippen molar-refractivity contribution in [2.45, 2.75) is 25.9 Å². The number of benzene rings is 1. The summed E-state index contributed by atoms with van der Waals surface area (Å²) in [5.41, 5.74) is 0.820. The van der Waals surface area contributed by atoms with Crippen LogP contribution in [0.25, 0.3) is 0 Å². The second kappa shape index (κ2) is 6.97. The van der Waals surface area contributed by atoms with E-state index >= 15 is 0 Å². The van der Waals surface area contributed by atoms with Crippen LogP contribution in [-0.2, 0) is 0 Å². The third-order valence-corrected chi connectivity index (χ3v) is 2.48. The van der Waals surface area contributed by atoms with Gasteiger partial charge in [-0.05, 0) is 37.5 Å². The van der Waals surface area contributed by atoms with Gasteiger partial charge in [-0.1, -0.05) is 12.1 Å². The maximum atomic E-state index is 9.47. The van der Waals surface area contributed by atoms with Gasteiger partial charge in [0.2, 0.25) is 0 Å². The number of aliphatic hydroxyl groups excluding tert-OH is 1. The Bertz CT molecular complexity index is 358. The fourth-order valence-electron chi connectivity index (χ4n) is 1.47. The van der Waals surface area contributed by atoms with Crippen molar-refractivity contribution in [1.82, 2.24) is 0 Å². The molecule has 0 aliphatic rings. The zero-order valence-electron chi connectivity index (χ0n) is 10.5. The number of allylic oxidation sites excluding steroid dienone is 1. The lowest BCUT2D eigenvalue weighted by atomic mass is 10.1. The maximum Gasteiger partial charge on any atom is 0.161 e. The summed E-state index contributed by atoms with van der Waals surface area (Å²) in [4.78, 5) is 0. The van der Waals surface area contributed by atoms with Crippen molar-refractivity contribution in [3.05, 3.63) is 36.4 Å². The minimum absolute atomic E-state index is 0.501. The van der Waals surface area contributed by atoms with Crippen molar-refractivity contribution in [1.29, 1.82) is 0 Å². The normalized spacial score (nSPS) is 11.9. The van der Waals surface area contributed by atoms with E-state index in [1.807, 2.05) is 18.2 Å². The molecule has 0 saturated carbocycles. The van der Waals surface area contributed by atoms with E-state index < -0.39 is 6.10 Å². The molecule has 1 rings (SSSR count). The average molecular weight is 236 g/mol. The third-order valence-electron chi connectivity index (χ3n) is 2.48. The molecule has 0 saturated heterocycles. The predicted molar refractivity (Wildman–Crippen MR) is 68.6 cm³/mol. The first kappa shape index (κ1) is 13.6. The highest BCUT2D eigenvalue weighted by Gasteiger charge is 2.08. The highest BCUT2D eigenvalue weighted by atomic mass is 16.5. The van der Waals surface area contributed by atoms with E-state index in [1.54, 1.807) is 20.1 Å². The number of unbranched alkanes of at least 4 members (excludes halogenated alkanes) is 1. The van der Waals surface area contributed by atoms with Crippen LogP contribution in [0, 0.1) is 0 Å². The molecule has 1 unspecified atom stereocenters. The first-order valence-electron chi connectivity index (χ1n) is 5.78. The molecular formula is C14H20O3. The maximum absolute atomic E-state index is 9.47. The number of hydrogen-bond donors (Lipinski definition) is 1. The Labute approximate surface area is 103 Å².